The second-order valence-corrected chi connectivity index (χ2v) is 15.2. The molecule has 2 unspecified atom stereocenters. The number of sulfonamides is 1. The molecule has 2 saturated heterocycles. The van der Waals surface area contributed by atoms with Gasteiger partial charge in [-0.25, -0.2) is 27.2 Å². The molecule has 1 amide bonds. The van der Waals surface area contributed by atoms with Crippen LogP contribution < -0.4 is 5.48 Å². The molecule has 200 valence electrons. The van der Waals surface area contributed by atoms with Gasteiger partial charge in [0.1, 0.15) is 9.64 Å². The summed E-state index contributed by atoms with van der Waals surface area (Å²) in [7, 11) is -7.91. The number of halogens is 2. The lowest BCUT2D eigenvalue weighted by Crippen LogP contribution is -2.43. The number of aromatic nitrogens is 1. The molecule has 0 aliphatic carbocycles. The number of hydrogen-bond acceptors (Lipinski definition) is 9. The molecule has 0 spiro atoms. The lowest BCUT2D eigenvalue weighted by molar-refractivity contribution is -0.200. The maximum Gasteiger partial charge on any atom is 0.245 e. The fourth-order valence-electron chi connectivity index (χ4n) is 4.23. The highest BCUT2D eigenvalue weighted by Gasteiger charge is 2.50. The van der Waals surface area contributed by atoms with Gasteiger partial charge in [0.2, 0.25) is 15.9 Å². The Labute approximate surface area is 229 Å². The molecule has 4 heterocycles. The fraction of sp³-hybridized carbons (Fsp3) is 0.524. The second kappa shape index (κ2) is 12.2. The van der Waals surface area contributed by atoms with Crippen LogP contribution in [0.5, 0.6) is 0 Å². The number of amides is 1. The number of rotatable bonds is 7. The number of carbonyl (C=O) groups excluding carboxylic acids is 1. The number of ether oxygens (including phenoxy) is 1. The third-order valence-electron chi connectivity index (χ3n) is 6.15. The highest BCUT2D eigenvalue weighted by Crippen LogP contribution is 2.44. The van der Waals surface area contributed by atoms with Gasteiger partial charge in [0.05, 0.1) is 16.0 Å². The number of pyridine rings is 1. The Hall–Kier alpha value is -1.13. The maximum absolute atomic E-state index is 13.7. The second-order valence-electron chi connectivity index (χ2n) is 8.38. The van der Waals surface area contributed by atoms with Crippen molar-refractivity contribution in [2.75, 3.05) is 25.4 Å². The lowest BCUT2D eigenvalue weighted by atomic mass is 9.97. The summed E-state index contributed by atoms with van der Waals surface area (Å²) >= 11 is 4.58. The largest absolute Gasteiger partial charge is 0.350 e. The van der Waals surface area contributed by atoms with Crippen molar-refractivity contribution in [2.24, 2.45) is 0 Å². The summed E-state index contributed by atoms with van der Waals surface area (Å²) in [5.41, 5.74) is 2.35. The van der Waals surface area contributed by atoms with Crippen LogP contribution in [0.1, 0.15) is 37.0 Å². The van der Waals surface area contributed by atoms with Gasteiger partial charge >= 0.3 is 0 Å². The number of sulfone groups is 1. The summed E-state index contributed by atoms with van der Waals surface area (Å²) in [5, 5.41) is 0. The topological polar surface area (TPSA) is 132 Å². The number of carbonyl (C=O) groups is 1. The molecule has 4 rings (SSSR count). The third-order valence-corrected chi connectivity index (χ3v) is 12.5. The maximum atomic E-state index is 13.7. The van der Waals surface area contributed by atoms with E-state index in [0.29, 0.717) is 21.7 Å². The van der Waals surface area contributed by atoms with Gasteiger partial charge < -0.3 is 4.74 Å². The Morgan fingerprint density at radius 1 is 1.31 bits per heavy atom. The van der Waals surface area contributed by atoms with Gasteiger partial charge in [0, 0.05) is 43.4 Å². The molecule has 0 bridgehead atoms. The molecule has 2 aliphatic rings. The summed E-state index contributed by atoms with van der Waals surface area (Å²) in [6.45, 7) is 0.233. The summed E-state index contributed by atoms with van der Waals surface area (Å²) in [6, 6.07) is 6.31. The highest BCUT2D eigenvalue weighted by molar-refractivity contribution is 9.11. The van der Waals surface area contributed by atoms with Crippen molar-refractivity contribution in [1.29, 1.82) is 0 Å². The van der Waals surface area contributed by atoms with Crippen LogP contribution in [-0.2, 0) is 39.0 Å². The molecule has 36 heavy (non-hydrogen) atoms. The van der Waals surface area contributed by atoms with E-state index in [4.69, 9.17) is 9.57 Å². The molecule has 10 nitrogen and oxygen atoms in total. The fourth-order valence-corrected chi connectivity index (χ4v) is 9.74. The molecular formula is C21H27BrClN3O7S3. The number of hydroxylamine groups is 1. The standard InChI is InChI=1S/C21H26BrN3O7S3.ClH/c22-18-7-6-17(33-18)21(14-19(26)24-32-20-5-1-2-12-31-20)8-10-25(11-13-34(21,27)28)35(29,30)16-4-3-9-23-15-16;/h3-4,6-7,9,15,20H,1-2,5,8,10-14H2,(H,24,26);1H. The van der Waals surface area contributed by atoms with E-state index < -0.39 is 49.0 Å². The van der Waals surface area contributed by atoms with Crippen LogP contribution in [0, 0.1) is 0 Å². The summed E-state index contributed by atoms with van der Waals surface area (Å²) in [5.74, 6) is -1.04. The van der Waals surface area contributed by atoms with Crippen molar-refractivity contribution in [3.05, 3.63) is 45.3 Å². The Balaban J connectivity index is 0.00000361. The monoisotopic (exact) mass is 643 g/mol. The van der Waals surface area contributed by atoms with E-state index in [9.17, 15) is 21.6 Å². The Kier molecular flexibility index (Phi) is 9.94. The summed E-state index contributed by atoms with van der Waals surface area (Å²) < 4.78 is 59.4. The minimum atomic E-state index is -3.96. The van der Waals surface area contributed by atoms with Crippen molar-refractivity contribution in [2.45, 2.75) is 48.0 Å². The molecule has 2 aromatic heterocycles. The van der Waals surface area contributed by atoms with Gasteiger partial charge in [0.15, 0.2) is 16.1 Å². The summed E-state index contributed by atoms with van der Waals surface area (Å²) in [6.07, 6.45) is 4.07. The van der Waals surface area contributed by atoms with Crippen molar-refractivity contribution in [1.82, 2.24) is 14.8 Å². The first-order chi connectivity index (χ1) is 16.6. The van der Waals surface area contributed by atoms with E-state index in [1.165, 1.54) is 35.9 Å². The van der Waals surface area contributed by atoms with Gasteiger partial charge in [0.25, 0.3) is 0 Å². The van der Waals surface area contributed by atoms with E-state index >= 15 is 0 Å². The number of nitrogens with one attached hydrogen (secondary N) is 1. The Bertz CT molecular complexity index is 1250. The van der Waals surface area contributed by atoms with E-state index in [0.717, 1.165) is 17.1 Å². The van der Waals surface area contributed by atoms with Crippen LogP contribution in [0.4, 0.5) is 0 Å². The van der Waals surface area contributed by atoms with Crippen molar-refractivity contribution in [3.63, 3.8) is 0 Å². The molecule has 2 atom stereocenters. The first-order valence-electron chi connectivity index (χ1n) is 11.1. The van der Waals surface area contributed by atoms with Gasteiger partial charge in [-0.2, -0.15) is 4.31 Å². The van der Waals surface area contributed by atoms with E-state index in [-0.39, 0.29) is 36.8 Å². The summed E-state index contributed by atoms with van der Waals surface area (Å²) in [4.78, 5) is 22.6. The number of nitrogens with zero attached hydrogens (tertiary/aromatic N) is 2. The Morgan fingerprint density at radius 2 is 2.11 bits per heavy atom. The predicted molar refractivity (Wildman–Crippen MR) is 140 cm³/mol. The molecule has 2 fully saturated rings. The first-order valence-corrected chi connectivity index (χ1v) is 15.8. The van der Waals surface area contributed by atoms with Crippen molar-refractivity contribution >= 4 is 65.4 Å². The molecule has 0 radical (unpaired) electrons. The third kappa shape index (κ3) is 6.29. The average Bonchev–Trinajstić information content (AvgIpc) is 3.23. The highest BCUT2D eigenvalue weighted by atomic mass is 79.9. The van der Waals surface area contributed by atoms with Crippen LogP contribution >= 0.6 is 39.7 Å². The predicted octanol–water partition coefficient (Wildman–Crippen LogP) is 3.00. The van der Waals surface area contributed by atoms with Crippen LogP contribution in [-0.4, -0.2) is 63.8 Å². The minimum absolute atomic E-state index is 0. The molecule has 1 N–H and O–H groups in total. The smallest absolute Gasteiger partial charge is 0.245 e. The Morgan fingerprint density at radius 3 is 2.75 bits per heavy atom. The SMILES string of the molecule is Cl.O=C(CC1(c2ccc(Br)s2)CCN(S(=O)(=O)c2cccnc2)CCS1(=O)=O)NOC1CCCCO1. The van der Waals surface area contributed by atoms with Gasteiger partial charge in [-0.15, -0.1) is 23.7 Å². The first kappa shape index (κ1) is 29.4. The zero-order valence-electron chi connectivity index (χ0n) is 19.2. The number of hydrogen-bond donors (Lipinski definition) is 1. The zero-order valence-corrected chi connectivity index (χ0v) is 24.0. The molecular weight excluding hydrogens is 618 g/mol. The van der Waals surface area contributed by atoms with Crippen LogP contribution in [0.3, 0.4) is 0 Å². The van der Waals surface area contributed by atoms with E-state index in [1.807, 2.05) is 0 Å². The normalized spacial score (nSPS) is 24.9. The van der Waals surface area contributed by atoms with E-state index in [1.54, 1.807) is 12.1 Å². The van der Waals surface area contributed by atoms with Gasteiger partial charge in [-0.05, 0) is 59.5 Å². The molecule has 15 heteroatoms. The van der Waals surface area contributed by atoms with Crippen LogP contribution in [0.15, 0.2) is 45.3 Å². The average molecular weight is 645 g/mol. The van der Waals surface area contributed by atoms with Crippen LogP contribution in [0.2, 0.25) is 0 Å². The van der Waals surface area contributed by atoms with Crippen molar-refractivity contribution in [3.8, 4) is 0 Å². The van der Waals surface area contributed by atoms with Crippen molar-refractivity contribution < 1.29 is 31.2 Å². The molecule has 2 aromatic rings. The minimum Gasteiger partial charge on any atom is -0.350 e. The molecule has 2 aliphatic heterocycles. The molecule has 0 aromatic carbocycles. The molecule has 0 saturated carbocycles. The number of thiophene rings is 1. The van der Waals surface area contributed by atoms with E-state index in [2.05, 4.69) is 26.4 Å². The quantitative estimate of drug-likeness (QED) is 0.455. The van der Waals surface area contributed by atoms with Gasteiger partial charge in [-0.1, -0.05) is 0 Å². The zero-order chi connectivity index (χ0) is 25.1. The lowest BCUT2D eigenvalue weighted by Gasteiger charge is -2.31. The van der Waals surface area contributed by atoms with Gasteiger partial charge in [-0.3, -0.25) is 9.78 Å². The van der Waals surface area contributed by atoms with Crippen LogP contribution in [0.25, 0.3) is 0 Å².